The molecular weight excluding hydrogens is 244 g/mol. The number of likely N-dealkylation sites (tertiary alicyclic amines) is 1. The minimum absolute atomic E-state index is 0.196. The lowest BCUT2D eigenvalue weighted by Gasteiger charge is -2.48. The fraction of sp³-hybridized carbons (Fsp3) is 0.667. The largest absolute Gasteiger partial charge is 0.311 e. The summed E-state index contributed by atoms with van der Waals surface area (Å²) in [6, 6.07) is 9.21. The van der Waals surface area contributed by atoms with Crippen molar-refractivity contribution in [1.82, 2.24) is 10.2 Å². The molecule has 1 aliphatic heterocycles. The van der Waals surface area contributed by atoms with Crippen LogP contribution in [-0.4, -0.2) is 30.6 Å². The predicted molar refractivity (Wildman–Crippen MR) is 87.1 cm³/mol. The van der Waals surface area contributed by atoms with E-state index in [2.05, 4.69) is 62.3 Å². The maximum Gasteiger partial charge on any atom is 0.0504 e. The average molecular weight is 274 g/mol. The summed E-state index contributed by atoms with van der Waals surface area (Å²) in [6.45, 7) is 9.48. The molecule has 2 rings (SSSR count). The first-order valence-electron chi connectivity index (χ1n) is 8.11. The number of hydrogen-bond acceptors (Lipinski definition) is 2. The first kappa shape index (κ1) is 15.5. The summed E-state index contributed by atoms with van der Waals surface area (Å²) in [6.07, 6.45) is 5.26. The molecule has 1 N–H and O–H groups in total. The maximum atomic E-state index is 3.61. The van der Waals surface area contributed by atoms with Crippen LogP contribution in [0.5, 0.6) is 0 Å². The van der Waals surface area contributed by atoms with Crippen molar-refractivity contribution in [3.63, 3.8) is 0 Å². The standard InChI is InChI=1S/C18H30N2/c1-5-18(3,20-13-9-6-10-14-20)17(19-4)16-12-8-7-11-15(16)2/h7-8,11-12,17,19H,5-6,9-10,13-14H2,1-4H3. The van der Waals surface area contributed by atoms with Crippen LogP contribution in [0.1, 0.15) is 56.7 Å². The van der Waals surface area contributed by atoms with Crippen molar-refractivity contribution in [3.05, 3.63) is 35.4 Å². The van der Waals surface area contributed by atoms with E-state index in [9.17, 15) is 0 Å². The third-order valence-electron chi connectivity index (χ3n) is 5.20. The van der Waals surface area contributed by atoms with Gasteiger partial charge in [-0.1, -0.05) is 37.6 Å². The van der Waals surface area contributed by atoms with Crippen LogP contribution in [0.3, 0.4) is 0 Å². The Balaban J connectivity index is 2.33. The average Bonchev–Trinajstić information content (AvgIpc) is 2.50. The first-order chi connectivity index (χ1) is 9.63. The van der Waals surface area contributed by atoms with Gasteiger partial charge in [0.25, 0.3) is 0 Å². The molecule has 1 heterocycles. The molecule has 1 aromatic rings. The molecule has 2 atom stereocenters. The van der Waals surface area contributed by atoms with E-state index in [1.807, 2.05) is 0 Å². The van der Waals surface area contributed by atoms with Gasteiger partial charge in [0, 0.05) is 5.54 Å². The zero-order valence-corrected chi connectivity index (χ0v) is 13.6. The molecule has 2 nitrogen and oxygen atoms in total. The van der Waals surface area contributed by atoms with Gasteiger partial charge in [0.1, 0.15) is 0 Å². The topological polar surface area (TPSA) is 15.3 Å². The normalized spacial score (nSPS) is 21.4. The Morgan fingerprint density at radius 2 is 1.85 bits per heavy atom. The molecule has 2 heteroatoms. The molecule has 2 unspecified atom stereocenters. The van der Waals surface area contributed by atoms with Gasteiger partial charge in [-0.25, -0.2) is 0 Å². The lowest BCUT2D eigenvalue weighted by molar-refractivity contribution is 0.0446. The van der Waals surface area contributed by atoms with Gasteiger partial charge in [0.2, 0.25) is 0 Å². The van der Waals surface area contributed by atoms with Crippen LogP contribution in [-0.2, 0) is 0 Å². The quantitative estimate of drug-likeness (QED) is 0.875. The minimum atomic E-state index is 0.196. The van der Waals surface area contributed by atoms with E-state index in [1.54, 1.807) is 0 Å². The molecule has 0 aromatic heterocycles. The second-order valence-electron chi connectivity index (χ2n) is 6.34. The zero-order valence-electron chi connectivity index (χ0n) is 13.6. The van der Waals surface area contributed by atoms with E-state index in [0.717, 1.165) is 0 Å². The number of piperidine rings is 1. The second kappa shape index (κ2) is 6.73. The Bertz CT molecular complexity index is 423. The van der Waals surface area contributed by atoms with E-state index in [-0.39, 0.29) is 5.54 Å². The smallest absolute Gasteiger partial charge is 0.0504 e. The molecular formula is C18H30N2. The van der Waals surface area contributed by atoms with Gasteiger partial charge >= 0.3 is 0 Å². The number of benzene rings is 1. The predicted octanol–water partition coefficient (Wildman–Crippen LogP) is 3.91. The Hall–Kier alpha value is -0.860. The highest BCUT2D eigenvalue weighted by Gasteiger charge is 2.39. The monoisotopic (exact) mass is 274 g/mol. The Morgan fingerprint density at radius 3 is 2.40 bits per heavy atom. The number of hydrogen-bond donors (Lipinski definition) is 1. The van der Waals surface area contributed by atoms with Crippen LogP contribution in [0, 0.1) is 6.92 Å². The van der Waals surface area contributed by atoms with Crippen molar-refractivity contribution in [2.75, 3.05) is 20.1 Å². The molecule has 20 heavy (non-hydrogen) atoms. The van der Waals surface area contributed by atoms with Crippen molar-refractivity contribution < 1.29 is 0 Å². The lowest BCUT2D eigenvalue weighted by atomic mass is 9.80. The summed E-state index contributed by atoms with van der Waals surface area (Å²) in [5.74, 6) is 0. The Morgan fingerprint density at radius 1 is 1.20 bits per heavy atom. The summed E-state index contributed by atoms with van der Waals surface area (Å²) in [4.78, 5) is 2.71. The molecule has 112 valence electrons. The fourth-order valence-electron chi connectivity index (χ4n) is 3.73. The highest BCUT2D eigenvalue weighted by atomic mass is 15.2. The summed E-state index contributed by atoms with van der Waals surface area (Å²) in [5, 5.41) is 3.61. The van der Waals surface area contributed by atoms with E-state index in [1.165, 1.54) is 49.9 Å². The molecule has 0 aliphatic carbocycles. The Kier molecular flexibility index (Phi) is 5.22. The summed E-state index contributed by atoms with van der Waals surface area (Å²) in [7, 11) is 2.11. The van der Waals surface area contributed by atoms with Crippen molar-refractivity contribution in [3.8, 4) is 0 Å². The minimum Gasteiger partial charge on any atom is -0.311 e. The van der Waals surface area contributed by atoms with Gasteiger partial charge < -0.3 is 5.32 Å². The van der Waals surface area contributed by atoms with E-state index in [4.69, 9.17) is 0 Å². The molecule has 1 fully saturated rings. The number of nitrogens with zero attached hydrogens (tertiary/aromatic N) is 1. The summed E-state index contributed by atoms with van der Waals surface area (Å²) in [5.41, 5.74) is 3.04. The van der Waals surface area contributed by atoms with Crippen LogP contribution < -0.4 is 5.32 Å². The maximum absolute atomic E-state index is 3.61. The van der Waals surface area contributed by atoms with E-state index in [0.29, 0.717) is 6.04 Å². The van der Waals surface area contributed by atoms with Crippen LogP contribution in [0.4, 0.5) is 0 Å². The number of rotatable bonds is 5. The van der Waals surface area contributed by atoms with Gasteiger partial charge in [-0.2, -0.15) is 0 Å². The van der Waals surface area contributed by atoms with Gasteiger partial charge in [-0.05, 0) is 64.4 Å². The van der Waals surface area contributed by atoms with Crippen LogP contribution in [0.15, 0.2) is 24.3 Å². The highest BCUT2D eigenvalue weighted by Crippen LogP contribution is 2.36. The van der Waals surface area contributed by atoms with Crippen LogP contribution in [0.25, 0.3) is 0 Å². The third-order valence-corrected chi connectivity index (χ3v) is 5.20. The molecule has 0 bridgehead atoms. The first-order valence-corrected chi connectivity index (χ1v) is 8.11. The van der Waals surface area contributed by atoms with Crippen molar-refractivity contribution in [2.24, 2.45) is 0 Å². The molecule has 1 aliphatic rings. The van der Waals surface area contributed by atoms with Crippen molar-refractivity contribution in [2.45, 2.75) is 58.0 Å². The molecule has 0 saturated carbocycles. The molecule has 0 spiro atoms. The second-order valence-corrected chi connectivity index (χ2v) is 6.34. The Labute approximate surface area is 124 Å². The van der Waals surface area contributed by atoms with Crippen LogP contribution in [0.2, 0.25) is 0 Å². The van der Waals surface area contributed by atoms with Gasteiger partial charge in [-0.15, -0.1) is 0 Å². The summed E-state index contributed by atoms with van der Waals surface area (Å²) < 4.78 is 0. The molecule has 1 aromatic carbocycles. The fourth-order valence-corrected chi connectivity index (χ4v) is 3.73. The number of likely N-dealkylation sites (N-methyl/N-ethyl adjacent to an activating group) is 1. The lowest BCUT2D eigenvalue weighted by Crippen LogP contribution is -2.55. The van der Waals surface area contributed by atoms with Crippen LogP contribution >= 0.6 is 0 Å². The molecule has 0 radical (unpaired) electrons. The third kappa shape index (κ3) is 2.91. The van der Waals surface area contributed by atoms with E-state index >= 15 is 0 Å². The highest BCUT2D eigenvalue weighted by molar-refractivity contribution is 5.31. The van der Waals surface area contributed by atoms with Crippen molar-refractivity contribution >= 4 is 0 Å². The number of nitrogens with one attached hydrogen (secondary N) is 1. The SMILES string of the molecule is CCC(C)(C(NC)c1ccccc1C)N1CCCCC1. The van der Waals surface area contributed by atoms with Crippen molar-refractivity contribution in [1.29, 1.82) is 0 Å². The van der Waals surface area contributed by atoms with Gasteiger partial charge in [-0.3, -0.25) is 4.90 Å². The van der Waals surface area contributed by atoms with E-state index < -0.39 is 0 Å². The molecule has 0 amide bonds. The number of aryl methyl sites for hydroxylation is 1. The van der Waals surface area contributed by atoms with Gasteiger partial charge in [0.15, 0.2) is 0 Å². The zero-order chi connectivity index (χ0) is 14.6. The van der Waals surface area contributed by atoms with Gasteiger partial charge in [0.05, 0.1) is 6.04 Å². The summed E-state index contributed by atoms with van der Waals surface area (Å²) >= 11 is 0. The molecule has 1 saturated heterocycles.